The predicted molar refractivity (Wildman–Crippen MR) is 117 cm³/mol. The molecule has 0 saturated carbocycles. The van der Waals surface area contributed by atoms with Crippen molar-refractivity contribution in [1.29, 1.82) is 0 Å². The number of aromatic nitrogens is 1. The van der Waals surface area contributed by atoms with Gasteiger partial charge in [0.05, 0.1) is 6.10 Å². The van der Waals surface area contributed by atoms with Gasteiger partial charge in [-0.3, -0.25) is 9.88 Å². The molecule has 2 aliphatic rings. The first kappa shape index (κ1) is 20.8. The number of fused-ring (bicyclic) bond motifs is 1. The average Bonchev–Trinajstić information content (AvgIpc) is 2.77. The Kier molecular flexibility index (Phi) is 6.65. The molecular weight excluding hydrogens is 376 g/mol. The molecule has 1 aromatic carbocycles. The third-order valence-corrected chi connectivity index (χ3v) is 6.27. The molecule has 2 aromatic rings. The Labute approximate surface area is 178 Å². The van der Waals surface area contributed by atoms with E-state index in [4.69, 9.17) is 0 Å². The lowest BCUT2D eigenvalue weighted by Crippen LogP contribution is -2.48. The van der Waals surface area contributed by atoms with Crippen molar-refractivity contribution in [1.82, 2.24) is 20.1 Å². The third kappa shape index (κ3) is 5.18. The minimum atomic E-state index is -0.567. The van der Waals surface area contributed by atoms with Crippen LogP contribution in [0.3, 0.4) is 0 Å². The first-order chi connectivity index (χ1) is 14.6. The highest BCUT2D eigenvalue weighted by Crippen LogP contribution is 2.27. The molecule has 2 N–H and O–H groups in total. The molecule has 2 aliphatic heterocycles. The molecule has 6 nitrogen and oxygen atoms in total. The van der Waals surface area contributed by atoms with Gasteiger partial charge in [0.15, 0.2) is 0 Å². The lowest BCUT2D eigenvalue weighted by molar-refractivity contribution is 0.102. The first-order valence-electron chi connectivity index (χ1n) is 11.0. The van der Waals surface area contributed by atoms with Crippen LogP contribution in [0.2, 0.25) is 0 Å². The molecule has 0 bridgehead atoms. The average molecular weight is 409 g/mol. The Morgan fingerprint density at radius 3 is 2.93 bits per heavy atom. The number of piperidine rings is 1. The molecule has 0 aliphatic carbocycles. The van der Waals surface area contributed by atoms with Crippen LogP contribution in [0.4, 0.5) is 4.79 Å². The maximum atomic E-state index is 12.7. The molecule has 0 radical (unpaired) electrons. The van der Waals surface area contributed by atoms with E-state index in [0.29, 0.717) is 19.0 Å². The van der Waals surface area contributed by atoms with Crippen molar-refractivity contribution in [2.45, 2.75) is 44.8 Å². The van der Waals surface area contributed by atoms with Crippen LogP contribution >= 0.6 is 0 Å². The molecule has 2 atom stereocenters. The minimum absolute atomic E-state index is 0.0754. The number of hydrogen-bond acceptors (Lipinski definition) is 4. The lowest BCUT2D eigenvalue weighted by Gasteiger charge is -2.34. The topological polar surface area (TPSA) is 68.7 Å². The third-order valence-electron chi connectivity index (χ3n) is 6.27. The smallest absolute Gasteiger partial charge is 0.317 e. The highest BCUT2D eigenvalue weighted by molar-refractivity contribution is 5.74. The zero-order valence-electron chi connectivity index (χ0n) is 17.8. The van der Waals surface area contributed by atoms with E-state index < -0.39 is 6.10 Å². The number of rotatable bonds is 5. The largest absolute Gasteiger partial charge is 0.390 e. The summed E-state index contributed by atoms with van der Waals surface area (Å²) in [6.45, 7) is 6.15. The fraction of sp³-hybridized carbons (Fsp3) is 0.500. The summed E-state index contributed by atoms with van der Waals surface area (Å²) in [7, 11) is 0. The number of aliphatic hydroxyl groups is 1. The second-order valence-electron chi connectivity index (χ2n) is 8.61. The number of pyridine rings is 1. The monoisotopic (exact) mass is 408 g/mol. The summed E-state index contributed by atoms with van der Waals surface area (Å²) in [5.74, 6) is 0.351. The summed E-state index contributed by atoms with van der Waals surface area (Å²) in [6, 6.07) is 12.6. The fourth-order valence-electron chi connectivity index (χ4n) is 4.64. The van der Waals surface area contributed by atoms with Crippen molar-refractivity contribution < 1.29 is 9.90 Å². The number of aryl methyl sites for hydroxylation is 1. The Hall–Kier alpha value is -2.44. The van der Waals surface area contributed by atoms with Gasteiger partial charge in [-0.2, -0.15) is 0 Å². The quantitative estimate of drug-likeness (QED) is 0.798. The van der Waals surface area contributed by atoms with Gasteiger partial charge in [0.1, 0.15) is 0 Å². The Morgan fingerprint density at radius 2 is 2.10 bits per heavy atom. The van der Waals surface area contributed by atoms with Crippen molar-refractivity contribution in [3.05, 3.63) is 65.0 Å². The number of aliphatic hydroxyl groups excluding tert-OH is 1. The van der Waals surface area contributed by atoms with Crippen LogP contribution < -0.4 is 5.32 Å². The number of amides is 2. The number of carbonyl (C=O) groups excluding carboxylic acids is 1. The number of nitrogens with zero attached hydrogens (tertiary/aromatic N) is 3. The number of carbonyl (C=O) groups is 1. The number of urea groups is 1. The van der Waals surface area contributed by atoms with Crippen LogP contribution in [0.15, 0.2) is 42.6 Å². The minimum Gasteiger partial charge on any atom is -0.390 e. The summed E-state index contributed by atoms with van der Waals surface area (Å²) in [6.07, 6.45) is 4.38. The molecule has 3 heterocycles. The van der Waals surface area contributed by atoms with E-state index in [2.05, 4.69) is 51.6 Å². The second-order valence-corrected chi connectivity index (χ2v) is 8.61. The van der Waals surface area contributed by atoms with Gasteiger partial charge in [0.25, 0.3) is 0 Å². The summed E-state index contributed by atoms with van der Waals surface area (Å²) < 4.78 is 0. The summed E-state index contributed by atoms with van der Waals surface area (Å²) in [4.78, 5) is 21.1. The molecule has 1 unspecified atom stereocenters. The molecule has 1 saturated heterocycles. The predicted octanol–water partition coefficient (Wildman–Crippen LogP) is 2.70. The van der Waals surface area contributed by atoms with Gasteiger partial charge < -0.3 is 15.3 Å². The summed E-state index contributed by atoms with van der Waals surface area (Å²) in [5, 5.41) is 13.4. The Balaban J connectivity index is 1.24. The fourth-order valence-corrected chi connectivity index (χ4v) is 4.64. The maximum absolute atomic E-state index is 12.7. The summed E-state index contributed by atoms with van der Waals surface area (Å²) in [5.41, 5.74) is 5.01. The van der Waals surface area contributed by atoms with Gasteiger partial charge in [-0.25, -0.2) is 4.79 Å². The number of hydrogen-bond donors (Lipinski definition) is 2. The lowest BCUT2D eigenvalue weighted by atomic mass is 9.91. The second kappa shape index (κ2) is 9.58. The van der Waals surface area contributed by atoms with Crippen LogP contribution in [0.25, 0.3) is 0 Å². The number of β-amino-alcohol motifs (C(OH)–C–C–N with tert-alkyl or cyclic N) is 1. The van der Waals surface area contributed by atoms with Crippen LogP contribution in [-0.2, 0) is 13.0 Å². The molecule has 6 heteroatoms. The van der Waals surface area contributed by atoms with Crippen molar-refractivity contribution >= 4 is 6.03 Å². The van der Waals surface area contributed by atoms with Crippen molar-refractivity contribution in [2.24, 2.45) is 0 Å². The van der Waals surface area contributed by atoms with E-state index in [1.807, 2.05) is 18.0 Å². The van der Waals surface area contributed by atoms with Gasteiger partial charge in [-0.05, 0) is 55.0 Å². The Bertz CT molecular complexity index is 872. The van der Waals surface area contributed by atoms with Gasteiger partial charge in [0.2, 0.25) is 0 Å². The van der Waals surface area contributed by atoms with Crippen LogP contribution in [0, 0.1) is 6.92 Å². The standard InChI is InChI=1S/C24H32N4O2/c1-18-13-20(8-10-25-18)22-7-4-11-28(16-22)24(30)26-14-23(29)17-27-12-9-19-5-2-3-6-21(19)15-27/h2-3,5-6,8,10,13,22-23,29H,4,7,9,11-12,14-17H2,1H3,(H,26,30)/t22?,23-/m0/s1. The maximum Gasteiger partial charge on any atom is 0.317 e. The first-order valence-corrected chi connectivity index (χ1v) is 11.0. The van der Waals surface area contributed by atoms with E-state index in [9.17, 15) is 9.90 Å². The zero-order chi connectivity index (χ0) is 20.9. The van der Waals surface area contributed by atoms with E-state index in [-0.39, 0.29) is 12.6 Å². The number of likely N-dealkylation sites (tertiary alicyclic amines) is 1. The van der Waals surface area contributed by atoms with Gasteiger partial charge in [-0.15, -0.1) is 0 Å². The Morgan fingerprint density at radius 1 is 1.27 bits per heavy atom. The molecule has 30 heavy (non-hydrogen) atoms. The normalized spacial score (nSPS) is 20.5. The van der Waals surface area contributed by atoms with Crippen molar-refractivity contribution in [2.75, 3.05) is 32.7 Å². The van der Waals surface area contributed by atoms with E-state index in [1.165, 1.54) is 16.7 Å². The highest BCUT2D eigenvalue weighted by atomic mass is 16.3. The molecule has 160 valence electrons. The number of benzene rings is 1. The SMILES string of the molecule is Cc1cc(C2CCCN(C(=O)NC[C@H](O)CN3CCc4ccccc4C3)C2)ccn1. The van der Waals surface area contributed by atoms with Gasteiger partial charge in [-0.1, -0.05) is 24.3 Å². The van der Waals surface area contributed by atoms with Gasteiger partial charge >= 0.3 is 6.03 Å². The summed E-state index contributed by atoms with van der Waals surface area (Å²) >= 11 is 0. The molecule has 2 amide bonds. The molecule has 0 spiro atoms. The molecule has 4 rings (SSSR count). The van der Waals surface area contributed by atoms with E-state index in [0.717, 1.165) is 44.6 Å². The van der Waals surface area contributed by atoms with Crippen LogP contribution in [0.5, 0.6) is 0 Å². The van der Waals surface area contributed by atoms with Crippen molar-refractivity contribution in [3.8, 4) is 0 Å². The zero-order valence-corrected chi connectivity index (χ0v) is 17.8. The van der Waals surface area contributed by atoms with Crippen molar-refractivity contribution in [3.63, 3.8) is 0 Å². The molecular formula is C24H32N4O2. The number of nitrogens with one attached hydrogen (secondary N) is 1. The molecule has 1 aromatic heterocycles. The van der Waals surface area contributed by atoms with Crippen LogP contribution in [-0.4, -0.2) is 64.7 Å². The van der Waals surface area contributed by atoms with E-state index in [1.54, 1.807) is 0 Å². The van der Waals surface area contributed by atoms with Gasteiger partial charge in [0, 0.05) is 57.1 Å². The highest BCUT2D eigenvalue weighted by Gasteiger charge is 2.25. The van der Waals surface area contributed by atoms with Crippen LogP contribution in [0.1, 0.15) is 41.1 Å². The van der Waals surface area contributed by atoms with E-state index >= 15 is 0 Å². The molecule has 1 fully saturated rings.